The van der Waals surface area contributed by atoms with Crippen LogP contribution in [0, 0.1) is 0 Å². The summed E-state index contributed by atoms with van der Waals surface area (Å²) in [5, 5.41) is 2.89. The van der Waals surface area contributed by atoms with E-state index in [1.54, 1.807) is 0 Å². The van der Waals surface area contributed by atoms with Crippen LogP contribution in [0.4, 0.5) is 4.79 Å². The summed E-state index contributed by atoms with van der Waals surface area (Å²) in [5.41, 5.74) is -0.397. The van der Waals surface area contributed by atoms with Gasteiger partial charge in [-0.3, -0.25) is 0 Å². The van der Waals surface area contributed by atoms with Gasteiger partial charge in [-0.25, -0.2) is 4.79 Å². The molecule has 1 N–H and O–H groups in total. The first-order valence-electron chi connectivity index (χ1n) is 5.04. The van der Waals surface area contributed by atoms with Crippen LogP contribution in [-0.2, 0) is 4.74 Å². The van der Waals surface area contributed by atoms with Crippen molar-refractivity contribution >= 4 is 17.9 Å². The number of amides is 1. The van der Waals surface area contributed by atoms with E-state index in [0.29, 0.717) is 6.04 Å². The van der Waals surface area contributed by atoms with Crippen LogP contribution in [0.15, 0.2) is 0 Å². The number of thioether (sulfide) groups is 1. The molecule has 0 aromatic rings. The van der Waals surface area contributed by atoms with Gasteiger partial charge in [0.2, 0.25) is 0 Å². The highest BCUT2D eigenvalue weighted by Crippen LogP contribution is 2.17. The highest BCUT2D eigenvalue weighted by Gasteiger charge is 2.20. The van der Waals surface area contributed by atoms with Gasteiger partial charge in [-0.1, -0.05) is 0 Å². The summed E-state index contributed by atoms with van der Waals surface area (Å²) < 4.78 is 5.18. The third-order valence-electron chi connectivity index (χ3n) is 1.88. The molecule has 3 nitrogen and oxygen atoms in total. The monoisotopic (exact) mass is 217 g/mol. The number of hydrogen-bond donors (Lipinski definition) is 1. The minimum absolute atomic E-state index is 0.287. The van der Waals surface area contributed by atoms with Crippen molar-refractivity contribution < 1.29 is 9.53 Å². The van der Waals surface area contributed by atoms with Crippen LogP contribution < -0.4 is 5.32 Å². The third-order valence-corrected chi connectivity index (χ3v) is 3.10. The molecule has 0 aromatic heterocycles. The summed E-state index contributed by atoms with van der Waals surface area (Å²) in [6.07, 6.45) is 1.97. The topological polar surface area (TPSA) is 38.3 Å². The second-order valence-corrected chi connectivity index (χ2v) is 5.71. The molecule has 1 fully saturated rings. The Labute approximate surface area is 90.0 Å². The van der Waals surface area contributed by atoms with E-state index >= 15 is 0 Å². The molecule has 1 rings (SSSR count). The van der Waals surface area contributed by atoms with Crippen molar-refractivity contribution in [3.8, 4) is 0 Å². The molecule has 0 saturated carbocycles. The maximum atomic E-state index is 11.4. The Morgan fingerprint density at radius 1 is 1.50 bits per heavy atom. The van der Waals surface area contributed by atoms with Gasteiger partial charge in [0.1, 0.15) is 5.60 Å². The molecular formula is C10H19NO2S. The fraction of sp³-hybridized carbons (Fsp3) is 0.900. The number of rotatable bonds is 1. The Hall–Kier alpha value is -0.380. The summed E-state index contributed by atoms with van der Waals surface area (Å²) in [6, 6.07) is 0.295. The quantitative estimate of drug-likeness (QED) is 0.733. The predicted octanol–water partition coefficient (Wildman–Crippen LogP) is 2.41. The molecule has 1 saturated heterocycles. The van der Waals surface area contributed by atoms with Crippen molar-refractivity contribution in [1.82, 2.24) is 5.32 Å². The number of carbonyl (C=O) groups excluding carboxylic acids is 1. The van der Waals surface area contributed by atoms with Crippen molar-refractivity contribution in [2.24, 2.45) is 0 Å². The zero-order valence-corrected chi connectivity index (χ0v) is 9.95. The lowest BCUT2D eigenvalue weighted by Gasteiger charge is -2.25. The van der Waals surface area contributed by atoms with Crippen LogP contribution in [0.25, 0.3) is 0 Å². The summed E-state index contributed by atoms with van der Waals surface area (Å²) >= 11 is 1.89. The number of nitrogens with one attached hydrogen (secondary N) is 1. The molecule has 82 valence electrons. The molecule has 4 heteroatoms. The van der Waals surface area contributed by atoms with Crippen LogP contribution in [-0.4, -0.2) is 29.2 Å². The van der Waals surface area contributed by atoms with E-state index in [0.717, 1.165) is 12.2 Å². The fourth-order valence-corrected chi connectivity index (χ4v) is 2.40. The summed E-state index contributed by atoms with van der Waals surface area (Å²) in [7, 11) is 0. The van der Waals surface area contributed by atoms with E-state index < -0.39 is 5.60 Å². The lowest BCUT2D eigenvalue weighted by Crippen LogP contribution is -2.41. The molecule has 1 amide bonds. The SMILES string of the molecule is CC(C)(C)OC(=O)N[C@@H]1CCCSC1. The third kappa shape index (κ3) is 4.74. The second kappa shape index (κ2) is 4.91. The highest BCUT2D eigenvalue weighted by atomic mass is 32.2. The molecule has 1 aliphatic rings. The molecule has 0 spiro atoms. The van der Waals surface area contributed by atoms with Gasteiger partial charge in [0.15, 0.2) is 0 Å². The lowest BCUT2D eigenvalue weighted by atomic mass is 10.2. The standard InChI is InChI=1S/C10H19NO2S/c1-10(2,3)13-9(12)11-8-5-4-6-14-7-8/h8H,4-7H2,1-3H3,(H,11,12)/t8-/m1/s1. The van der Waals surface area contributed by atoms with Crippen LogP contribution in [0.1, 0.15) is 33.6 Å². The second-order valence-electron chi connectivity index (χ2n) is 4.56. The number of hydrogen-bond acceptors (Lipinski definition) is 3. The molecule has 1 atom stereocenters. The van der Waals surface area contributed by atoms with E-state index in [1.165, 1.54) is 12.2 Å². The molecule has 1 heterocycles. The summed E-state index contributed by atoms with van der Waals surface area (Å²) in [6.45, 7) is 5.63. The first-order valence-corrected chi connectivity index (χ1v) is 6.20. The van der Waals surface area contributed by atoms with Gasteiger partial charge in [-0.15, -0.1) is 0 Å². The van der Waals surface area contributed by atoms with Crippen molar-refractivity contribution in [2.75, 3.05) is 11.5 Å². The van der Waals surface area contributed by atoms with Gasteiger partial charge < -0.3 is 10.1 Å². The minimum Gasteiger partial charge on any atom is -0.444 e. The Morgan fingerprint density at radius 3 is 2.71 bits per heavy atom. The van der Waals surface area contributed by atoms with Gasteiger partial charge in [0, 0.05) is 11.8 Å². The molecule has 1 aliphatic heterocycles. The van der Waals surface area contributed by atoms with E-state index in [1.807, 2.05) is 32.5 Å². The molecule has 0 unspecified atom stereocenters. The smallest absolute Gasteiger partial charge is 0.407 e. The number of carbonyl (C=O) groups is 1. The van der Waals surface area contributed by atoms with Crippen LogP contribution in [0.3, 0.4) is 0 Å². The first-order chi connectivity index (χ1) is 6.47. The Morgan fingerprint density at radius 2 is 2.21 bits per heavy atom. The number of alkyl carbamates (subject to hydrolysis) is 1. The maximum absolute atomic E-state index is 11.4. The zero-order chi connectivity index (χ0) is 10.6. The van der Waals surface area contributed by atoms with E-state index in [2.05, 4.69) is 5.32 Å². The van der Waals surface area contributed by atoms with Crippen molar-refractivity contribution in [1.29, 1.82) is 0 Å². The lowest BCUT2D eigenvalue weighted by molar-refractivity contribution is 0.0507. The Kier molecular flexibility index (Phi) is 4.11. The molecule has 0 aliphatic carbocycles. The fourth-order valence-electron chi connectivity index (χ4n) is 1.33. The average Bonchev–Trinajstić information content (AvgIpc) is 2.02. The summed E-state index contributed by atoms with van der Waals surface area (Å²) in [5.74, 6) is 2.23. The van der Waals surface area contributed by atoms with Gasteiger partial charge >= 0.3 is 6.09 Å². The Bertz CT molecular complexity index is 195. The van der Waals surface area contributed by atoms with Crippen molar-refractivity contribution in [2.45, 2.75) is 45.3 Å². The molecule has 0 aromatic carbocycles. The van der Waals surface area contributed by atoms with E-state index in [9.17, 15) is 4.79 Å². The zero-order valence-electron chi connectivity index (χ0n) is 9.13. The summed E-state index contributed by atoms with van der Waals surface area (Å²) in [4.78, 5) is 11.4. The van der Waals surface area contributed by atoms with Crippen LogP contribution in [0.5, 0.6) is 0 Å². The largest absolute Gasteiger partial charge is 0.444 e. The van der Waals surface area contributed by atoms with Gasteiger partial charge in [0.05, 0.1) is 0 Å². The van der Waals surface area contributed by atoms with E-state index in [-0.39, 0.29) is 6.09 Å². The minimum atomic E-state index is -0.397. The first kappa shape index (κ1) is 11.7. The van der Waals surface area contributed by atoms with Crippen LogP contribution >= 0.6 is 11.8 Å². The highest BCUT2D eigenvalue weighted by molar-refractivity contribution is 7.99. The van der Waals surface area contributed by atoms with Gasteiger partial charge in [0.25, 0.3) is 0 Å². The number of ether oxygens (including phenoxy) is 1. The molecule has 14 heavy (non-hydrogen) atoms. The average molecular weight is 217 g/mol. The predicted molar refractivity (Wildman–Crippen MR) is 59.7 cm³/mol. The van der Waals surface area contributed by atoms with Crippen molar-refractivity contribution in [3.05, 3.63) is 0 Å². The van der Waals surface area contributed by atoms with Crippen LogP contribution in [0.2, 0.25) is 0 Å². The molecule has 0 bridgehead atoms. The Balaban J connectivity index is 2.25. The molecule has 0 radical (unpaired) electrons. The maximum Gasteiger partial charge on any atom is 0.407 e. The van der Waals surface area contributed by atoms with E-state index in [4.69, 9.17) is 4.74 Å². The molecular weight excluding hydrogens is 198 g/mol. The normalized spacial score (nSPS) is 22.9. The van der Waals surface area contributed by atoms with Crippen molar-refractivity contribution in [3.63, 3.8) is 0 Å². The van der Waals surface area contributed by atoms with Gasteiger partial charge in [-0.2, -0.15) is 11.8 Å². The van der Waals surface area contributed by atoms with Gasteiger partial charge in [-0.05, 0) is 39.4 Å².